The summed E-state index contributed by atoms with van der Waals surface area (Å²) in [7, 11) is 1.79. The Morgan fingerprint density at radius 2 is 1.46 bits per heavy atom. The van der Waals surface area contributed by atoms with Gasteiger partial charge in [0.25, 0.3) is 0 Å². The van der Waals surface area contributed by atoms with E-state index in [1.165, 1.54) is 0 Å². The summed E-state index contributed by atoms with van der Waals surface area (Å²) in [6.07, 6.45) is 0. The van der Waals surface area contributed by atoms with Crippen molar-refractivity contribution in [3.05, 3.63) is 88.5 Å². The predicted octanol–water partition coefficient (Wildman–Crippen LogP) is 4.56. The van der Waals surface area contributed by atoms with Gasteiger partial charge in [0.2, 0.25) is 0 Å². The van der Waals surface area contributed by atoms with Crippen LogP contribution in [0.4, 0.5) is 17.1 Å². The summed E-state index contributed by atoms with van der Waals surface area (Å²) in [4.78, 5) is 26.1. The van der Waals surface area contributed by atoms with Gasteiger partial charge in [-0.3, -0.25) is 9.59 Å². The average molecular weight is 342 g/mol. The molecule has 2 N–H and O–H groups in total. The topological polar surface area (TPSA) is 58.2 Å². The number of nitrogens with one attached hydrogen (secondary N) is 2. The Hall–Kier alpha value is -3.40. The van der Waals surface area contributed by atoms with Crippen molar-refractivity contribution < 1.29 is 9.59 Å². The van der Waals surface area contributed by atoms with Crippen molar-refractivity contribution in [2.75, 3.05) is 17.7 Å². The number of ketones is 2. The molecule has 0 radical (unpaired) electrons. The van der Waals surface area contributed by atoms with Crippen LogP contribution >= 0.6 is 0 Å². The van der Waals surface area contributed by atoms with E-state index < -0.39 is 0 Å². The van der Waals surface area contributed by atoms with E-state index in [0.29, 0.717) is 27.9 Å². The SMILES string of the molecule is CNc1ccc2c(c1)C(=O)c1cccc(Nc3ccc(C)cc3)c1C2=O. The van der Waals surface area contributed by atoms with Crippen LogP contribution in [0.25, 0.3) is 0 Å². The van der Waals surface area contributed by atoms with Crippen LogP contribution in [0.2, 0.25) is 0 Å². The number of fused-ring (bicyclic) bond motifs is 2. The fourth-order valence-corrected chi connectivity index (χ4v) is 3.25. The molecule has 26 heavy (non-hydrogen) atoms. The van der Waals surface area contributed by atoms with Crippen molar-refractivity contribution in [3.8, 4) is 0 Å². The zero-order valence-electron chi connectivity index (χ0n) is 14.6. The quantitative estimate of drug-likeness (QED) is 0.573. The average Bonchev–Trinajstić information content (AvgIpc) is 2.67. The lowest BCUT2D eigenvalue weighted by Crippen LogP contribution is -2.22. The van der Waals surface area contributed by atoms with E-state index in [1.807, 2.05) is 43.3 Å². The summed E-state index contributed by atoms with van der Waals surface area (Å²) in [6, 6.07) is 18.5. The van der Waals surface area contributed by atoms with Crippen molar-refractivity contribution in [1.29, 1.82) is 0 Å². The van der Waals surface area contributed by atoms with Gasteiger partial charge in [-0.15, -0.1) is 0 Å². The lowest BCUT2D eigenvalue weighted by Gasteiger charge is -2.21. The molecule has 0 bridgehead atoms. The minimum absolute atomic E-state index is 0.126. The summed E-state index contributed by atoms with van der Waals surface area (Å²) >= 11 is 0. The Morgan fingerprint density at radius 1 is 0.731 bits per heavy atom. The highest BCUT2D eigenvalue weighted by Gasteiger charge is 2.31. The van der Waals surface area contributed by atoms with Gasteiger partial charge in [-0.2, -0.15) is 0 Å². The third-order valence-electron chi connectivity index (χ3n) is 4.66. The van der Waals surface area contributed by atoms with E-state index in [1.54, 1.807) is 31.3 Å². The van der Waals surface area contributed by atoms with Gasteiger partial charge in [-0.05, 0) is 43.3 Å². The van der Waals surface area contributed by atoms with Crippen LogP contribution in [0.1, 0.15) is 37.4 Å². The monoisotopic (exact) mass is 342 g/mol. The normalized spacial score (nSPS) is 12.4. The smallest absolute Gasteiger partial charge is 0.196 e. The molecule has 0 atom stereocenters. The van der Waals surface area contributed by atoms with Crippen molar-refractivity contribution >= 4 is 28.6 Å². The highest BCUT2D eigenvalue weighted by atomic mass is 16.1. The molecule has 0 saturated heterocycles. The Kier molecular flexibility index (Phi) is 3.81. The maximum atomic E-state index is 13.1. The van der Waals surface area contributed by atoms with E-state index in [-0.39, 0.29) is 11.6 Å². The second-order valence-electron chi connectivity index (χ2n) is 6.39. The zero-order valence-corrected chi connectivity index (χ0v) is 14.6. The van der Waals surface area contributed by atoms with Gasteiger partial charge in [0.1, 0.15) is 0 Å². The highest BCUT2D eigenvalue weighted by molar-refractivity contribution is 6.30. The molecule has 4 rings (SSSR count). The molecular formula is C22H18N2O2. The molecule has 3 aromatic rings. The molecular weight excluding hydrogens is 324 g/mol. The van der Waals surface area contributed by atoms with Gasteiger partial charge in [0, 0.05) is 35.1 Å². The molecule has 3 aromatic carbocycles. The lowest BCUT2D eigenvalue weighted by molar-refractivity contribution is 0.0980. The zero-order chi connectivity index (χ0) is 18.3. The van der Waals surface area contributed by atoms with Gasteiger partial charge in [-0.25, -0.2) is 0 Å². The summed E-state index contributed by atoms with van der Waals surface area (Å²) in [5.41, 5.74) is 5.25. The molecule has 0 aromatic heterocycles. The maximum absolute atomic E-state index is 13.1. The molecule has 0 amide bonds. The maximum Gasteiger partial charge on any atom is 0.196 e. The Bertz CT molecular complexity index is 1040. The van der Waals surface area contributed by atoms with Crippen molar-refractivity contribution in [2.45, 2.75) is 6.92 Å². The molecule has 128 valence electrons. The third-order valence-corrected chi connectivity index (χ3v) is 4.66. The minimum Gasteiger partial charge on any atom is -0.388 e. The summed E-state index contributed by atoms with van der Waals surface area (Å²) in [5, 5.41) is 6.29. The Balaban J connectivity index is 1.82. The summed E-state index contributed by atoms with van der Waals surface area (Å²) < 4.78 is 0. The van der Waals surface area contributed by atoms with Gasteiger partial charge in [-0.1, -0.05) is 29.8 Å². The largest absolute Gasteiger partial charge is 0.388 e. The van der Waals surface area contributed by atoms with Crippen LogP contribution < -0.4 is 10.6 Å². The molecule has 4 nitrogen and oxygen atoms in total. The van der Waals surface area contributed by atoms with Gasteiger partial charge in [0.15, 0.2) is 11.6 Å². The van der Waals surface area contributed by atoms with Crippen LogP contribution in [-0.4, -0.2) is 18.6 Å². The first-order chi connectivity index (χ1) is 12.6. The van der Waals surface area contributed by atoms with Gasteiger partial charge in [0.05, 0.1) is 11.3 Å². The van der Waals surface area contributed by atoms with E-state index in [2.05, 4.69) is 10.6 Å². The number of hydrogen-bond acceptors (Lipinski definition) is 4. The van der Waals surface area contributed by atoms with Crippen molar-refractivity contribution in [2.24, 2.45) is 0 Å². The molecule has 0 aliphatic heterocycles. The number of anilines is 3. The first-order valence-corrected chi connectivity index (χ1v) is 8.46. The van der Waals surface area contributed by atoms with Crippen LogP contribution in [0.15, 0.2) is 60.7 Å². The Morgan fingerprint density at radius 3 is 2.19 bits per heavy atom. The second-order valence-corrected chi connectivity index (χ2v) is 6.39. The number of benzene rings is 3. The molecule has 0 fully saturated rings. The molecule has 1 aliphatic carbocycles. The van der Waals surface area contributed by atoms with Gasteiger partial charge < -0.3 is 10.6 Å². The van der Waals surface area contributed by atoms with Gasteiger partial charge >= 0.3 is 0 Å². The molecule has 0 heterocycles. The number of hydrogen-bond donors (Lipinski definition) is 2. The number of aryl methyl sites for hydroxylation is 1. The van der Waals surface area contributed by atoms with Crippen LogP contribution in [0, 0.1) is 6.92 Å². The summed E-state index contributed by atoms with van der Waals surface area (Å²) in [5.74, 6) is -0.258. The van der Waals surface area contributed by atoms with Crippen LogP contribution in [0.3, 0.4) is 0 Å². The molecule has 4 heteroatoms. The standard InChI is InChI=1S/C22H18N2O2/c1-13-6-8-14(9-7-13)24-19-5-3-4-17-20(19)22(26)16-11-10-15(23-2)12-18(16)21(17)25/h3-12,23-24H,1-2H3. The fourth-order valence-electron chi connectivity index (χ4n) is 3.25. The fraction of sp³-hybridized carbons (Fsp3) is 0.0909. The van der Waals surface area contributed by atoms with Crippen LogP contribution in [0.5, 0.6) is 0 Å². The van der Waals surface area contributed by atoms with Crippen molar-refractivity contribution in [1.82, 2.24) is 0 Å². The third kappa shape index (κ3) is 2.56. The summed E-state index contributed by atoms with van der Waals surface area (Å²) in [6.45, 7) is 2.02. The van der Waals surface area contributed by atoms with E-state index in [0.717, 1.165) is 16.9 Å². The first kappa shape index (κ1) is 16.1. The highest BCUT2D eigenvalue weighted by Crippen LogP contribution is 2.34. The van der Waals surface area contributed by atoms with Crippen LogP contribution in [-0.2, 0) is 0 Å². The number of carbonyl (C=O) groups is 2. The lowest BCUT2D eigenvalue weighted by atomic mass is 9.83. The molecule has 0 spiro atoms. The number of carbonyl (C=O) groups excluding carboxylic acids is 2. The second kappa shape index (κ2) is 6.15. The molecule has 0 saturated carbocycles. The minimum atomic E-state index is -0.132. The predicted molar refractivity (Wildman–Crippen MR) is 104 cm³/mol. The molecule has 0 unspecified atom stereocenters. The first-order valence-electron chi connectivity index (χ1n) is 8.46. The van der Waals surface area contributed by atoms with E-state index in [4.69, 9.17) is 0 Å². The molecule has 1 aliphatic rings. The van der Waals surface area contributed by atoms with E-state index in [9.17, 15) is 9.59 Å². The Labute approximate surface area is 151 Å². The van der Waals surface area contributed by atoms with Crippen molar-refractivity contribution in [3.63, 3.8) is 0 Å². The number of rotatable bonds is 3. The van der Waals surface area contributed by atoms with E-state index >= 15 is 0 Å².